The smallest absolute Gasteiger partial charge is 0.270 e. The molecule has 3 aromatic carbocycles. The average Bonchev–Trinajstić information content (AvgIpc) is 3.17. The second-order valence-corrected chi connectivity index (χ2v) is 7.50. The molecule has 0 unspecified atom stereocenters. The number of carbonyl (C=O) groups is 1. The molecule has 5 heteroatoms. The van der Waals surface area contributed by atoms with Gasteiger partial charge in [-0.25, -0.2) is 4.98 Å². The van der Waals surface area contributed by atoms with E-state index in [1.54, 1.807) is 0 Å². The number of rotatable bonds is 4. The Bertz CT molecular complexity index is 1380. The zero-order valence-electron chi connectivity index (χ0n) is 16.0. The Kier molecular flexibility index (Phi) is 4.69. The van der Waals surface area contributed by atoms with Crippen LogP contribution >= 0.6 is 11.6 Å². The number of pyridine rings is 1. The minimum atomic E-state index is -0.223. The molecule has 4 nitrogen and oxygen atoms in total. The van der Waals surface area contributed by atoms with Crippen LogP contribution in [0.5, 0.6) is 0 Å². The highest BCUT2D eigenvalue weighted by Gasteiger charge is 2.18. The van der Waals surface area contributed by atoms with Crippen molar-refractivity contribution in [3.8, 4) is 11.3 Å². The van der Waals surface area contributed by atoms with Crippen molar-refractivity contribution in [2.45, 2.75) is 6.54 Å². The molecule has 30 heavy (non-hydrogen) atoms. The molecule has 2 aromatic heterocycles. The quantitative estimate of drug-likeness (QED) is 0.383. The fraction of sp³-hybridized carbons (Fsp3) is 0.0400. The van der Waals surface area contributed by atoms with Gasteiger partial charge in [0.2, 0.25) is 0 Å². The van der Waals surface area contributed by atoms with Crippen LogP contribution in [-0.2, 0) is 6.54 Å². The predicted octanol–water partition coefficient (Wildman–Crippen LogP) is 5.97. The number of nitrogens with zero attached hydrogens (tertiary/aromatic N) is 1. The Morgan fingerprint density at radius 1 is 0.900 bits per heavy atom. The first kappa shape index (κ1) is 18.4. The molecule has 0 atom stereocenters. The fourth-order valence-electron chi connectivity index (χ4n) is 3.68. The van der Waals surface area contributed by atoms with Crippen molar-refractivity contribution in [1.29, 1.82) is 0 Å². The van der Waals surface area contributed by atoms with E-state index in [-0.39, 0.29) is 5.91 Å². The largest absolute Gasteiger partial charge is 0.353 e. The summed E-state index contributed by atoms with van der Waals surface area (Å²) in [4.78, 5) is 21.1. The third-order valence-corrected chi connectivity index (χ3v) is 5.48. The summed E-state index contributed by atoms with van der Waals surface area (Å²) >= 11 is 6.48. The minimum Gasteiger partial charge on any atom is -0.353 e. The molecule has 2 N–H and O–H groups in total. The van der Waals surface area contributed by atoms with Crippen molar-refractivity contribution in [2.24, 2.45) is 0 Å². The first-order valence-corrected chi connectivity index (χ1v) is 10.1. The van der Waals surface area contributed by atoms with Gasteiger partial charge in [-0.3, -0.25) is 4.79 Å². The summed E-state index contributed by atoms with van der Waals surface area (Å²) in [6.07, 6.45) is 0. The lowest BCUT2D eigenvalue weighted by Gasteiger charge is -2.10. The summed E-state index contributed by atoms with van der Waals surface area (Å²) in [5.41, 5.74) is 4.70. The lowest BCUT2D eigenvalue weighted by atomic mass is 10.1. The van der Waals surface area contributed by atoms with E-state index in [9.17, 15) is 4.79 Å². The zero-order valence-corrected chi connectivity index (χ0v) is 16.8. The lowest BCUT2D eigenvalue weighted by Crippen LogP contribution is -2.24. The normalized spacial score (nSPS) is 11.1. The molecule has 5 aromatic rings. The molecule has 2 heterocycles. The van der Waals surface area contributed by atoms with Gasteiger partial charge in [0.25, 0.3) is 5.91 Å². The van der Waals surface area contributed by atoms with Crippen molar-refractivity contribution in [3.05, 3.63) is 101 Å². The maximum Gasteiger partial charge on any atom is 0.270 e. The van der Waals surface area contributed by atoms with E-state index in [1.165, 1.54) is 0 Å². The maximum atomic E-state index is 13.0. The van der Waals surface area contributed by atoms with Crippen molar-refractivity contribution in [3.63, 3.8) is 0 Å². The summed E-state index contributed by atoms with van der Waals surface area (Å²) in [6, 6.07) is 27.2. The molecular weight excluding hydrogens is 394 g/mol. The van der Waals surface area contributed by atoms with E-state index in [0.717, 1.165) is 32.9 Å². The predicted molar refractivity (Wildman–Crippen MR) is 122 cm³/mol. The number of benzene rings is 3. The van der Waals surface area contributed by atoms with Gasteiger partial charge in [0.1, 0.15) is 5.69 Å². The van der Waals surface area contributed by atoms with Gasteiger partial charge < -0.3 is 10.3 Å². The Hall–Kier alpha value is -3.63. The summed E-state index contributed by atoms with van der Waals surface area (Å²) in [5.74, 6) is -0.223. The molecule has 0 saturated carbocycles. The lowest BCUT2D eigenvalue weighted by molar-refractivity contribution is 0.0946. The van der Waals surface area contributed by atoms with Gasteiger partial charge in [-0.1, -0.05) is 78.3 Å². The first-order chi connectivity index (χ1) is 14.7. The number of amides is 1. The van der Waals surface area contributed by atoms with E-state index in [1.807, 2.05) is 84.9 Å². The standard InChI is InChI=1S/C25H18ClN3O/c26-20-12-6-4-11-18(20)23-24-19(17-10-5-7-13-21(17)28-24)14-22(29-23)25(30)27-15-16-8-2-1-3-9-16/h1-14,28H,15H2,(H,27,30). The maximum absolute atomic E-state index is 13.0. The van der Waals surface area contributed by atoms with Gasteiger partial charge in [0.05, 0.1) is 16.2 Å². The Balaban J connectivity index is 1.64. The van der Waals surface area contributed by atoms with Crippen molar-refractivity contribution < 1.29 is 4.79 Å². The second kappa shape index (κ2) is 7.65. The molecule has 1 amide bonds. The van der Waals surface area contributed by atoms with Crippen LogP contribution in [0.15, 0.2) is 84.9 Å². The minimum absolute atomic E-state index is 0.223. The molecule has 0 aliphatic rings. The number of hydrogen-bond acceptors (Lipinski definition) is 2. The molecule has 0 aliphatic heterocycles. The number of para-hydroxylation sites is 1. The zero-order chi connectivity index (χ0) is 20.5. The molecule has 0 fully saturated rings. The highest BCUT2D eigenvalue weighted by molar-refractivity contribution is 6.33. The average molecular weight is 412 g/mol. The van der Waals surface area contributed by atoms with Gasteiger partial charge in [-0.15, -0.1) is 0 Å². The molecule has 0 radical (unpaired) electrons. The molecular formula is C25H18ClN3O. The van der Waals surface area contributed by atoms with Crippen LogP contribution < -0.4 is 5.32 Å². The fourth-order valence-corrected chi connectivity index (χ4v) is 3.90. The van der Waals surface area contributed by atoms with Crippen molar-refractivity contribution >= 4 is 39.3 Å². The highest BCUT2D eigenvalue weighted by Crippen LogP contribution is 2.35. The van der Waals surface area contributed by atoms with Crippen LogP contribution in [0.3, 0.4) is 0 Å². The van der Waals surface area contributed by atoms with Gasteiger partial charge in [0.15, 0.2) is 0 Å². The summed E-state index contributed by atoms with van der Waals surface area (Å²) < 4.78 is 0. The number of aromatic amines is 1. The van der Waals surface area contributed by atoms with Crippen LogP contribution in [0.25, 0.3) is 33.1 Å². The number of aromatic nitrogens is 2. The second-order valence-electron chi connectivity index (χ2n) is 7.10. The van der Waals surface area contributed by atoms with Gasteiger partial charge in [0, 0.05) is 28.4 Å². The third-order valence-electron chi connectivity index (χ3n) is 5.15. The monoisotopic (exact) mass is 411 g/mol. The first-order valence-electron chi connectivity index (χ1n) is 9.69. The molecule has 0 spiro atoms. The number of H-pyrrole nitrogens is 1. The number of nitrogens with one attached hydrogen (secondary N) is 2. The summed E-state index contributed by atoms with van der Waals surface area (Å²) in [7, 11) is 0. The Morgan fingerprint density at radius 3 is 2.47 bits per heavy atom. The van der Waals surface area contributed by atoms with Crippen molar-refractivity contribution in [1.82, 2.24) is 15.3 Å². The van der Waals surface area contributed by atoms with Crippen LogP contribution in [0.2, 0.25) is 5.02 Å². The van der Waals surface area contributed by atoms with Crippen LogP contribution in [0.4, 0.5) is 0 Å². The molecule has 0 saturated heterocycles. The highest BCUT2D eigenvalue weighted by atomic mass is 35.5. The Labute approximate surface area is 178 Å². The van der Waals surface area contributed by atoms with Crippen LogP contribution in [0.1, 0.15) is 16.1 Å². The number of halogens is 1. The third kappa shape index (κ3) is 3.31. The van der Waals surface area contributed by atoms with E-state index in [2.05, 4.69) is 10.3 Å². The summed E-state index contributed by atoms with van der Waals surface area (Å²) in [5, 5.41) is 5.55. The number of hydrogen-bond donors (Lipinski definition) is 2. The molecule has 5 rings (SSSR count). The van der Waals surface area contributed by atoms with Gasteiger partial charge >= 0.3 is 0 Å². The van der Waals surface area contributed by atoms with Crippen LogP contribution in [0, 0.1) is 0 Å². The van der Waals surface area contributed by atoms with Crippen molar-refractivity contribution in [2.75, 3.05) is 0 Å². The number of fused-ring (bicyclic) bond motifs is 3. The topological polar surface area (TPSA) is 57.8 Å². The number of carbonyl (C=O) groups excluding carboxylic acids is 1. The Morgan fingerprint density at radius 2 is 1.63 bits per heavy atom. The van der Waals surface area contributed by atoms with E-state index in [0.29, 0.717) is 23.0 Å². The van der Waals surface area contributed by atoms with E-state index < -0.39 is 0 Å². The van der Waals surface area contributed by atoms with Gasteiger partial charge in [-0.05, 0) is 23.8 Å². The molecule has 0 bridgehead atoms. The van der Waals surface area contributed by atoms with E-state index >= 15 is 0 Å². The van der Waals surface area contributed by atoms with Crippen LogP contribution in [-0.4, -0.2) is 15.9 Å². The molecule has 0 aliphatic carbocycles. The molecule has 146 valence electrons. The summed E-state index contributed by atoms with van der Waals surface area (Å²) in [6.45, 7) is 0.439. The SMILES string of the molecule is O=C(NCc1ccccc1)c1cc2c([nH]c3ccccc32)c(-c2ccccc2Cl)n1. The van der Waals surface area contributed by atoms with E-state index in [4.69, 9.17) is 16.6 Å². The van der Waals surface area contributed by atoms with Gasteiger partial charge in [-0.2, -0.15) is 0 Å².